The molecule has 18 heavy (non-hydrogen) atoms. The van der Waals surface area contributed by atoms with Crippen LogP contribution < -0.4 is 0 Å². The molecule has 0 aliphatic carbocycles. The number of hydrogen-bond acceptors (Lipinski definition) is 3. The molecule has 8 heteroatoms. The van der Waals surface area contributed by atoms with Crippen molar-refractivity contribution in [3.05, 3.63) is 40.4 Å². The van der Waals surface area contributed by atoms with E-state index in [1.165, 1.54) is 12.1 Å². The van der Waals surface area contributed by atoms with Gasteiger partial charge in [-0.15, -0.1) is 5.10 Å². The molecule has 0 aliphatic heterocycles. The number of thioether (sulfide) groups is 1. The summed E-state index contributed by atoms with van der Waals surface area (Å²) in [5.41, 5.74) is 0.299. The molecule has 2 aromatic rings. The highest BCUT2D eigenvalue weighted by Gasteiger charge is 2.14. The molecule has 2 rings (SSSR count). The molecule has 1 N–H and O–H groups in total. The van der Waals surface area contributed by atoms with Crippen LogP contribution in [0.5, 0.6) is 0 Å². The van der Waals surface area contributed by atoms with Gasteiger partial charge in [0.25, 0.3) is 6.43 Å². The summed E-state index contributed by atoms with van der Waals surface area (Å²) in [4.78, 5) is 3.56. The van der Waals surface area contributed by atoms with Crippen molar-refractivity contribution in [1.82, 2.24) is 15.2 Å². The topological polar surface area (TPSA) is 41.6 Å². The zero-order valence-corrected chi connectivity index (χ0v) is 10.4. The van der Waals surface area contributed by atoms with Crippen LogP contribution in [0.25, 0.3) is 0 Å². The molecule has 0 fully saturated rings. The molecule has 1 heterocycles. The Hall–Kier alpha value is -1.21. The smallest absolute Gasteiger partial charge is 0.257 e. The molecule has 0 aliphatic rings. The first-order valence-corrected chi connectivity index (χ1v) is 6.20. The molecule has 0 amide bonds. The van der Waals surface area contributed by atoms with Crippen LogP contribution in [-0.4, -0.2) is 15.2 Å². The van der Waals surface area contributed by atoms with Gasteiger partial charge in [-0.05, 0) is 12.1 Å². The lowest BCUT2D eigenvalue weighted by Gasteiger charge is -2.03. The lowest BCUT2D eigenvalue weighted by Crippen LogP contribution is -1.89. The van der Waals surface area contributed by atoms with Gasteiger partial charge in [0.15, 0.2) is 5.82 Å². The van der Waals surface area contributed by atoms with E-state index in [9.17, 15) is 13.2 Å². The SMILES string of the molecule is Fc1cccc(Cl)c1CSc1n[nH]c(C(F)F)n1. The monoisotopic (exact) mass is 293 g/mol. The number of rotatable bonds is 4. The van der Waals surface area contributed by atoms with Gasteiger partial charge in [0.1, 0.15) is 5.82 Å². The number of benzene rings is 1. The predicted molar refractivity (Wildman–Crippen MR) is 62.3 cm³/mol. The van der Waals surface area contributed by atoms with Crippen molar-refractivity contribution in [3.8, 4) is 0 Å². The van der Waals surface area contributed by atoms with Crippen molar-refractivity contribution in [2.75, 3.05) is 0 Å². The number of nitrogens with one attached hydrogen (secondary N) is 1. The summed E-state index contributed by atoms with van der Waals surface area (Å²) in [7, 11) is 0. The Morgan fingerprint density at radius 3 is 2.78 bits per heavy atom. The van der Waals surface area contributed by atoms with Crippen LogP contribution in [-0.2, 0) is 5.75 Å². The van der Waals surface area contributed by atoms with E-state index in [-0.39, 0.29) is 15.9 Å². The molecule has 0 unspecified atom stereocenters. The summed E-state index contributed by atoms with van der Waals surface area (Å²) in [6.45, 7) is 0. The first-order valence-electron chi connectivity index (χ1n) is 4.84. The van der Waals surface area contributed by atoms with Gasteiger partial charge in [-0.3, -0.25) is 5.10 Å². The minimum atomic E-state index is -2.70. The van der Waals surface area contributed by atoms with Crippen molar-refractivity contribution in [2.45, 2.75) is 17.3 Å². The van der Waals surface area contributed by atoms with E-state index in [1.807, 2.05) is 0 Å². The number of hydrogen-bond donors (Lipinski definition) is 1. The van der Waals surface area contributed by atoms with Gasteiger partial charge in [-0.1, -0.05) is 29.4 Å². The third-order valence-corrected chi connectivity index (χ3v) is 3.32. The molecule has 0 radical (unpaired) electrons. The fourth-order valence-electron chi connectivity index (χ4n) is 1.23. The average Bonchev–Trinajstić information content (AvgIpc) is 2.77. The Bertz CT molecular complexity index is 527. The number of alkyl halides is 2. The summed E-state index contributed by atoms with van der Waals surface area (Å²) < 4.78 is 37.9. The highest BCUT2D eigenvalue weighted by atomic mass is 35.5. The summed E-state index contributed by atoms with van der Waals surface area (Å²) in [6, 6.07) is 4.33. The largest absolute Gasteiger partial charge is 0.296 e. The molecule has 96 valence electrons. The minimum absolute atomic E-state index is 0.129. The van der Waals surface area contributed by atoms with E-state index in [0.29, 0.717) is 5.56 Å². The van der Waals surface area contributed by atoms with E-state index >= 15 is 0 Å². The third kappa shape index (κ3) is 2.97. The lowest BCUT2D eigenvalue weighted by molar-refractivity contribution is 0.140. The normalized spacial score (nSPS) is 11.2. The van der Waals surface area contributed by atoms with Crippen LogP contribution in [0.15, 0.2) is 23.4 Å². The Balaban J connectivity index is 2.07. The minimum Gasteiger partial charge on any atom is -0.257 e. The second-order valence-electron chi connectivity index (χ2n) is 3.29. The summed E-state index contributed by atoms with van der Waals surface area (Å²) in [5.74, 6) is -0.775. The van der Waals surface area contributed by atoms with Crippen LogP contribution in [0, 0.1) is 5.82 Å². The molecule has 0 saturated carbocycles. The average molecular weight is 294 g/mol. The number of aromatic nitrogens is 3. The van der Waals surface area contributed by atoms with Gasteiger partial charge >= 0.3 is 0 Å². The molecule has 1 aromatic heterocycles. The first kappa shape index (κ1) is 13.2. The molecule has 0 atom stereocenters. The van der Waals surface area contributed by atoms with Crippen LogP contribution in [0.3, 0.4) is 0 Å². The van der Waals surface area contributed by atoms with Crippen molar-refractivity contribution in [1.29, 1.82) is 0 Å². The van der Waals surface area contributed by atoms with Crippen LogP contribution in [0.2, 0.25) is 5.02 Å². The summed E-state index contributed by atoms with van der Waals surface area (Å²) in [5, 5.41) is 6.12. The molecular weight excluding hydrogens is 287 g/mol. The van der Waals surface area contributed by atoms with Crippen molar-refractivity contribution < 1.29 is 13.2 Å². The van der Waals surface area contributed by atoms with E-state index in [0.717, 1.165) is 11.8 Å². The van der Waals surface area contributed by atoms with Gasteiger partial charge in [0.05, 0.1) is 0 Å². The van der Waals surface area contributed by atoms with E-state index < -0.39 is 18.1 Å². The first-order chi connectivity index (χ1) is 8.58. The highest BCUT2D eigenvalue weighted by molar-refractivity contribution is 7.98. The van der Waals surface area contributed by atoms with Crippen LogP contribution in [0.1, 0.15) is 17.8 Å². The van der Waals surface area contributed by atoms with Gasteiger partial charge in [0.2, 0.25) is 5.16 Å². The molecular formula is C10H7ClF3N3S. The fraction of sp³-hybridized carbons (Fsp3) is 0.200. The molecule has 1 aromatic carbocycles. The number of H-pyrrole nitrogens is 1. The number of halogens is 4. The Kier molecular flexibility index (Phi) is 4.13. The van der Waals surface area contributed by atoms with Crippen LogP contribution >= 0.6 is 23.4 Å². The van der Waals surface area contributed by atoms with E-state index in [2.05, 4.69) is 15.2 Å². The van der Waals surface area contributed by atoms with Crippen molar-refractivity contribution in [2.24, 2.45) is 0 Å². The van der Waals surface area contributed by atoms with E-state index in [1.54, 1.807) is 6.07 Å². The predicted octanol–water partition coefficient (Wildman–Crippen LogP) is 3.83. The maximum Gasteiger partial charge on any atom is 0.296 e. The summed E-state index contributed by atoms with van der Waals surface area (Å²) in [6.07, 6.45) is -2.70. The Morgan fingerprint density at radius 1 is 1.39 bits per heavy atom. The quantitative estimate of drug-likeness (QED) is 0.871. The van der Waals surface area contributed by atoms with Gasteiger partial charge < -0.3 is 0 Å². The van der Waals surface area contributed by atoms with Crippen molar-refractivity contribution in [3.63, 3.8) is 0 Å². The fourth-order valence-corrected chi connectivity index (χ4v) is 2.38. The third-order valence-electron chi connectivity index (χ3n) is 2.10. The maximum atomic E-state index is 13.4. The second kappa shape index (κ2) is 5.62. The van der Waals surface area contributed by atoms with Gasteiger partial charge in [-0.25, -0.2) is 18.2 Å². The lowest BCUT2D eigenvalue weighted by atomic mass is 10.2. The zero-order valence-electron chi connectivity index (χ0n) is 8.83. The molecule has 0 saturated heterocycles. The highest BCUT2D eigenvalue weighted by Crippen LogP contribution is 2.27. The maximum absolute atomic E-state index is 13.4. The Morgan fingerprint density at radius 2 is 2.17 bits per heavy atom. The second-order valence-corrected chi connectivity index (χ2v) is 4.64. The molecule has 3 nitrogen and oxygen atoms in total. The van der Waals surface area contributed by atoms with Gasteiger partial charge in [-0.2, -0.15) is 0 Å². The molecule has 0 spiro atoms. The molecule has 0 bridgehead atoms. The standard InChI is InChI=1S/C10H7ClF3N3S/c11-6-2-1-3-7(12)5(6)4-18-10-15-9(8(13)14)16-17-10/h1-3,8H,4H2,(H,15,16,17). The Labute approximate surface area is 110 Å². The van der Waals surface area contributed by atoms with Crippen molar-refractivity contribution >= 4 is 23.4 Å². The zero-order chi connectivity index (χ0) is 13.1. The number of aromatic amines is 1. The van der Waals surface area contributed by atoms with Gasteiger partial charge in [0, 0.05) is 16.3 Å². The number of nitrogens with zero attached hydrogens (tertiary/aromatic N) is 2. The van der Waals surface area contributed by atoms with E-state index in [4.69, 9.17) is 11.6 Å². The summed E-state index contributed by atoms with van der Waals surface area (Å²) >= 11 is 6.86. The van der Waals surface area contributed by atoms with Crippen LogP contribution in [0.4, 0.5) is 13.2 Å².